The lowest BCUT2D eigenvalue weighted by molar-refractivity contribution is -0.123. The summed E-state index contributed by atoms with van der Waals surface area (Å²) in [6, 6.07) is 0. The van der Waals surface area contributed by atoms with E-state index in [9.17, 15) is 9.59 Å². The number of rotatable bonds is 41. The van der Waals surface area contributed by atoms with Gasteiger partial charge in [-0.05, 0) is 12.8 Å². The van der Waals surface area contributed by atoms with Crippen LogP contribution < -0.4 is 10.6 Å². The van der Waals surface area contributed by atoms with Crippen LogP contribution in [0.5, 0.6) is 0 Å². The average molecular weight is 677 g/mol. The lowest BCUT2D eigenvalue weighted by atomic mass is 10.0. The summed E-state index contributed by atoms with van der Waals surface area (Å²) in [5.41, 5.74) is 0. The Morgan fingerprint density at radius 2 is 0.438 bits per heavy atom. The molecule has 0 rings (SSSR count). The Labute approximate surface area is 302 Å². The number of nitrogens with one attached hydrogen (secondary N) is 2. The Bertz CT molecular complexity index is 583. The first-order valence-electron chi connectivity index (χ1n) is 22.2. The van der Waals surface area contributed by atoms with Crippen molar-refractivity contribution in [1.29, 1.82) is 0 Å². The maximum atomic E-state index is 12.1. The molecular formula is C44H88N2O2. The molecule has 0 aliphatic rings. The van der Waals surface area contributed by atoms with Gasteiger partial charge < -0.3 is 10.6 Å². The van der Waals surface area contributed by atoms with Crippen molar-refractivity contribution in [3.8, 4) is 0 Å². The molecule has 0 unspecified atom stereocenters. The minimum atomic E-state index is 0.129. The van der Waals surface area contributed by atoms with Gasteiger partial charge in [-0.2, -0.15) is 0 Å². The van der Waals surface area contributed by atoms with Crippen LogP contribution in [0.1, 0.15) is 258 Å². The van der Waals surface area contributed by atoms with E-state index >= 15 is 0 Å². The van der Waals surface area contributed by atoms with E-state index in [0.29, 0.717) is 25.9 Å². The average Bonchev–Trinajstić information content (AvgIpc) is 3.09. The summed E-state index contributed by atoms with van der Waals surface area (Å²) in [5.74, 6) is 0.258. The van der Waals surface area contributed by atoms with Crippen LogP contribution in [0.4, 0.5) is 0 Å². The molecule has 0 spiro atoms. The summed E-state index contributed by atoms with van der Waals surface area (Å²) in [5, 5.41) is 5.94. The van der Waals surface area contributed by atoms with Crippen LogP contribution in [0, 0.1) is 0 Å². The maximum absolute atomic E-state index is 12.1. The largest absolute Gasteiger partial charge is 0.354 e. The van der Waals surface area contributed by atoms with Crippen molar-refractivity contribution >= 4 is 11.8 Å². The number of hydrogen-bond acceptors (Lipinski definition) is 2. The normalized spacial score (nSPS) is 11.3. The summed E-state index contributed by atoms with van der Waals surface area (Å²) < 4.78 is 0. The zero-order valence-electron chi connectivity index (χ0n) is 33.1. The zero-order chi connectivity index (χ0) is 34.9. The molecule has 286 valence electrons. The topological polar surface area (TPSA) is 58.2 Å². The third kappa shape index (κ3) is 41.1. The molecular weight excluding hydrogens is 588 g/mol. The highest BCUT2D eigenvalue weighted by Crippen LogP contribution is 2.16. The molecule has 4 heteroatoms. The molecule has 0 saturated heterocycles. The van der Waals surface area contributed by atoms with Crippen molar-refractivity contribution < 1.29 is 9.59 Å². The lowest BCUT2D eigenvalue weighted by Gasteiger charge is -2.07. The first-order valence-corrected chi connectivity index (χ1v) is 22.2. The molecule has 0 heterocycles. The van der Waals surface area contributed by atoms with Crippen LogP contribution in [0.2, 0.25) is 0 Å². The van der Waals surface area contributed by atoms with E-state index in [1.807, 2.05) is 0 Å². The van der Waals surface area contributed by atoms with Crippen molar-refractivity contribution in [1.82, 2.24) is 10.6 Å². The second-order valence-electron chi connectivity index (χ2n) is 15.2. The van der Waals surface area contributed by atoms with Gasteiger partial charge in [-0.3, -0.25) is 9.59 Å². The molecule has 0 aliphatic heterocycles. The van der Waals surface area contributed by atoms with Crippen LogP contribution in [0.3, 0.4) is 0 Å². The molecule has 0 radical (unpaired) electrons. The highest BCUT2D eigenvalue weighted by molar-refractivity contribution is 5.77. The maximum Gasteiger partial charge on any atom is 0.220 e. The Morgan fingerprint density at radius 3 is 0.625 bits per heavy atom. The molecule has 0 aromatic rings. The smallest absolute Gasteiger partial charge is 0.220 e. The standard InChI is InChI=1S/C44H88N2O2/c1-3-5-7-9-11-13-15-17-19-21-23-25-27-29-31-33-35-37-39-43(47)45-41-42-46-44(48)40-38-36-34-32-30-28-26-24-22-20-18-16-14-12-10-8-6-4-2/h3-42H2,1-2H3,(H,45,47)(H,46,48). The summed E-state index contributed by atoms with van der Waals surface area (Å²) >= 11 is 0. The third-order valence-electron chi connectivity index (χ3n) is 10.3. The van der Waals surface area contributed by atoms with Crippen molar-refractivity contribution in [3.05, 3.63) is 0 Å². The number of amides is 2. The molecule has 2 N–H and O–H groups in total. The van der Waals surface area contributed by atoms with Gasteiger partial charge in [0.15, 0.2) is 0 Å². The zero-order valence-corrected chi connectivity index (χ0v) is 33.1. The summed E-state index contributed by atoms with van der Waals surface area (Å²) in [4.78, 5) is 24.2. The number of carbonyl (C=O) groups excluding carboxylic acids is 2. The second-order valence-corrected chi connectivity index (χ2v) is 15.2. The minimum absolute atomic E-state index is 0.129. The van der Waals surface area contributed by atoms with E-state index in [1.54, 1.807) is 0 Å². The molecule has 0 aromatic heterocycles. The van der Waals surface area contributed by atoms with E-state index < -0.39 is 0 Å². The fourth-order valence-corrected chi connectivity index (χ4v) is 6.96. The summed E-state index contributed by atoms with van der Waals surface area (Å²) in [6.45, 7) is 5.67. The molecule has 0 atom stereocenters. The highest BCUT2D eigenvalue weighted by atomic mass is 16.2. The fourth-order valence-electron chi connectivity index (χ4n) is 6.96. The molecule has 0 saturated carbocycles. The molecule has 0 fully saturated rings. The Balaban J connectivity index is 3.24. The minimum Gasteiger partial charge on any atom is -0.354 e. The van der Waals surface area contributed by atoms with Crippen molar-refractivity contribution in [2.75, 3.05) is 13.1 Å². The van der Waals surface area contributed by atoms with Crippen LogP contribution in [-0.4, -0.2) is 24.9 Å². The van der Waals surface area contributed by atoms with Crippen LogP contribution in [0.25, 0.3) is 0 Å². The molecule has 2 amide bonds. The van der Waals surface area contributed by atoms with Gasteiger partial charge in [-0.15, -0.1) is 0 Å². The van der Waals surface area contributed by atoms with Gasteiger partial charge in [0.25, 0.3) is 0 Å². The first kappa shape index (κ1) is 46.9. The second kappa shape index (κ2) is 42.1. The Morgan fingerprint density at radius 1 is 0.271 bits per heavy atom. The fraction of sp³-hybridized carbons (Fsp3) is 0.955. The van der Waals surface area contributed by atoms with Gasteiger partial charge in [0.1, 0.15) is 0 Å². The summed E-state index contributed by atoms with van der Waals surface area (Å²) in [6.07, 6.45) is 50.3. The Hall–Kier alpha value is -1.06. The predicted octanol–water partition coefficient (Wildman–Crippen LogP) is 14.1. The van der Waals surface area contributed by atoms with E-state index in [-0.39, 0.29) is 11.8 Å². The van der Waals surface area contributed by atoms with E-state index in [1.165, 1.54) is 205 Å². The molecule has 4 nitrogen and oxygen atoms in total. The number of unbranched alkanes of at least 4 members (excludes halogenated alkanes) is 34. The van der Waals surface area contributed by atoms with E-state index in [0.717, 1.165) is 25.7 Å². The monoisotopic (exact) mass is 677 g/mol. The molecule has 0 bridgehead atoms. The van der Waals surface area contributed by atoms with Crippen LogP contribution >= 0.6 is 0 Å². The van der Waals surface area contributed by atoms with Gasteiger partial charge in [-0.25, -0.2) is 0 Å². The Kier molecular flexibility index (Phi) is 41.2. The first-order chi connectivity index (χ1) is 23.7. The van der Waals surface area contributed by atoms with Gasteiger partial charge in [-0.1, -0.05) is 232 Å². The molecule has 0 aliphatic carbocycles. The van der Waals surface area contributed by atoms with Gasteiger partial charge in [0, 0.05) is 25.9 Å². The van der Waals surface area contributed by atoms with Gasteiger partial charge in [0.2, 0.25) is 11.8 Å². The predicted molar refractivity (Wildman–Crippen MR) is 213 cm³/mol. The third-order valence-corrected chi connectivity index (χ3v) is 10.3. The van der Waals surface area contributed by atoms with E-state index in [4.69, 9.17) is 0 Å². The highest BCUT2D eigenvalue weighted by Gasteiger charge is 2.04. The summed E-state index contributed by atoms with van der Waals surface area (Å²) in [7, 11) is 0. The number of hydrogen-bond donors (Lipinski definition) is 2. The van der Waals surface area contributed by atoms with E-state index in [2.05, 4.69) is 24.5 Å². The van der Waals surface area contributed by atoms with Crippen molar-refractivity contribution in [2.24, 2.45) is 0 Å². The van der Waals surface area contributed by atoms with Crippen LogP contribution in [-0.2, 0) is 9.59 Å². The van der Waals surface area contributed by atoms with Crippen molar-refractivity contribution in [2.45, 2.75) is 258 Å². The van der Waals surface area contributed by atoms with Crippen LogP contribution in [0.15, 0.2) is 0 Å². The molecule has 0 aromatic carbocycles. The SMILES string of the molecule is CCCCCCCCCCCCCCCCCCCCC(=O)NCCNC(=O)CCCCCCCCCCCCCCCCCCCC. The van der Waals surface area contributed by atoms with Crippen molar-refractivity contribution in [3.63, 3.8) is 0 Å². The lowest BCUT2D eigenvalue weighted by Crippen LogP contribution is -2.34. The van der Waals surface area contributed by atoms with Gasteiger partial charge >= 0.3 is 0 Å². The number of carbonyl (C=O) groups is 2. The molecule has 48 heavy (non-hydrogen) atoms. The quantitative estimate of drug-likeness (QED) is 0.0633. The van der Waals surface area contributed by atoms with Gasteiger partial charge in [0.05, 0.1) is 0 Å².